The number of carbonyl (C=O) groups is 1. The number of nitrogens with two attached hydrogens (primary N) is 1. The lowest BCUT2D eigenvalue weighted by atomic mass is 9.91. The predicted molar refractivity (Wildman–Crippen MR) is 73.6 cm³/mol. The standard InChI is InChI=1S/C14H22N2O2/c1-10(2)11(8-9-15)14(17)16-12-6-4-5-7-13(12)18-3/h4-7,10-11H,8-9,15H2,1-3H3,(H,16,17). The van der Waals surface area contributed by atoms with Crippen molar-refractivity contribution in [2.45, 2.75) is 20.3 Å². The number of para-hydroxylation sites is 2. The molecule has 1 aromatic rings. The Morgan fingerprint density at radius 2 is 2.06 bits per heavy atom. The lowest BCUT2D eigenvalue weighted by Crippen LogP contribution is -2.29. The van der Waals surface area contributed by atoms with Gasteiger partial charge in [0.1, 0.15) is 5.75 Å². The Hall–Kier alpha value is -1.55. The summed E-state index contributed by atoms with van der Waals surface area (Å²) in [7, 11) is 1.59. The van der Waals surface area contributed by atoms with Crippen molar-refractivity contribution in [1.82, 2.24) is 0 Å². The quantitative estimate of drug-likeness (QED) is 0.814. The summed E-state index contributed by atoms with van der Waals surface area (Å²) in [5.74, 6) is 0.865. The number of ether oxygens (including phenoxy) is 1. The van der Waals surface area contributed by atoms with E-state index in [2.05, 4.69) is 5.32 Å². The van der Waals surface area contributed by atoms with Gasteiger partial charge in [-0.2, -0.15) is 0 Å². The van der Waals surface area contributed by atoms with Crippen molar-refractivity contribution in [3.63, 3.8) is 0 Å². The molecule has 1 aromatic carbocycles. The number of methoxy groups -OCH3 is 1. The first-order valence-electron chi connectivity index (χ1n) is 6.24. The van der Waals surface area contributed by atoms with Crippen LogP contribution in [-0.4, -0.2) is 19.6 Å². The topological polar surface area (TPSA) is 64.3 Å². The van der Waals surface area contributed by atoms with Crippen molar-refractivity contribution >= 4 is 11.6 Å². The van der Waals surface area contributed by atoms with Gasteiger partial charge in [-0.1, -0.05) is 26.0 Å². The minimum atomic E-state index is -0.0695. The zero-order valence-electron chi connectivity index (χ0n) is 11.3. The van der Waals surface area contributed by atoms with Crippen LogP contribution < -0.4 is 15.8 Å². The molecule has 1 unspecified atom stereocenters. The normalized spacial score (nSPS) is 12.3. The Morgan fingerprint density at radius 1 is 1.39 bits per heavy atom. The summed E-state index contributed by atoms with van der Waals surface area (Å²) in [6, 6.07) is 7.39. The van der Waals surface area contributed by atoms with Gasteiger partial charge in [-0.15, -0.1) is 0 Å². The average Bonchev–Trinajstić information content (AvgIpc) is 2.36. The van der Waals surface area contributed by atoms with E-state index in [4.69, 9.17) is 10.5 Å². The van der Waals surface area contributed by atoms with Gasteiger partial charge < -0.3 is 15.8 Å². The fourth-order valence-electron chi connectivity index (χ4n) is 1.92. The highest BCUT2D eigenvalue weighted by molar-refractivity contribution is 5.94. The highest BCUT2D eigenvalue weighted by Crippen LogP contribution is 2.25. The lowest BCUT2D eigenvalue weighted by Gasteiger charge is -2.20. The van der Waals surface area contributed by atoms with Gasteiger partial charge in [0.2, 0.25) is 5.91 Å². The Kier molecular flexibility index (Phi) is 5.65. The molecule has 4 nitrogen and oxygen atoms in total. The summed E-state index contributed by atoms with van der Waals surface area (Å²) in [5, 5.41) is 2.91. The van der Waals surface area contributed by atoms with Crippen molar-refractivity contribution in [2.24, 2.45) is 17.6 Å². The molecule has 0 heterocycles. The van der Waals surface area contributed by atoms with Gasteiger partial charge in [0.15, 0.2) is 0 Å². The van der Waals surface area contributed by atoms with Gasteiger partial charge in [-0.05, 0) is 31.0 Å². The third-order valence-corrected chi connectivity index (χ3v) is 2.98. The number of benzene rings is 1. The van der Waals surface area contributed by atoms with Gasteiger partial charge in [0.05, 0.1) is 12.8 Å². The van der Waals surface area contributed by atoms with E-state index in [0.29, 0.717) is 24.4 Å². The Balaban J connectivity index is 2.79. The summed E-state index contributed by atoms with van der Waals surface area (Å²) >= 11 is 0. The molecule has 0 aliphatic carbocycles. The minimum Gasteiger partial charge on any atom is -0.495 e. The molecule has 0 aliphatic rings. The van der Waals surface area contributed by atoms with Crippen molar-refractivity contribution in [2.75, 3.05) is 19.0 Å². The maximum Gasteiger partial charge on any atom is 0.227 e. The lowest BCUT2D eigenvalue weighted by molar-refractivity contribution is -0.121. The molecule has 1 rings (SSSR count). The van der Waals surface area contributed by atoms with E-state index < -0.39 is 0 Å². The number of hydrogen-bond donors (Lipinski definition) is 2. The van der Waals surface area contributed by atoms with E-state index in [1.807, 2.05) is 38.1 Å². The maximum atomic E-state index is 12.2. The van der Waals surface area contributed by atoms with Crippen molar-refractivity contribution in [3.8, 4) is 5.75 Å². The van der Waals surface area contributed by atoms with Crippen molar-refractivity contribution < 1.29 is 9.53 Å². The molecule has 3 N–H and O–H groups in total. The van der Waals surface area contributed by atoms with Crippen LogP contribution >= 0.6 is 0 Å². The van der Waals surface area contributed by atoms with E-state index in [1.54, 1.807) is 7.11 Å². The van der Waals surface area contributed by atoms with Crippen LogP contribution in [0.3, 0.4) is 0 Å². The van der Waals surface area contributed by atoms with Crippen LogP contribution in [0.2, 0.25) is 0 Å². The van der Waals surface area contributed by atoms with Crippen LogP contribution in [0.15, 0.2) is 24.3 Å². The van der Waals surface area contributed by atoms with Gasteiger partial charge >= 0.3 is 0 Å². The van der Waals surface area contributed by atoms with Gasteiger partial charge in [-0.25, -0.2) is 0 Å². The van der Waals surface area contributed by atoms with E-state index >= 15 is 0 Å². The number of amides is 1. The largest absolute Gasteiger partial charge is 0.495 e. The second-order valence-electron chi connectivity index (χ2n) is 4.62. The van der Waals surface area contributed by atoms with Crippen LogP contribution in [0.4, 0.5) is 5.69 Å². The zero-order valence-corrected chi connectivity index (χ0v) is 11.3. The van der Waals surface area contributed by atoms with Gasteiger partial charge in [0, 0.05) is 5.92 Å². The second kappa shape index (κ2) is 7.01. The highest BCUT2D eigenvalue weighted by Gasteiger charge is 2.22. The first-order chi connectivity index (χ1) is 8.60. The average molecular weight is 250 g/mol. The zero-order chi connectivity index (χ0) is 13.5. The first kappa shape index (κ1) is 14.5. The Labute approximate surface area is 109 Å². The van der Waals surface area contributed by atoms with E-state index in [9.17, 15) is 4.79 Å². The molecule has 1 atom stereocenters. The van der Waals surface area contributed by atoms with Crippen LogP contribution in [0.25, 0.3) is 0 Å². The van der Waals surface area contributed by atoms with Gasteiger partial charge in [-0.3, -0.25) is 4.79 Å². The van der Waals surface area contributed by atoms with Crippen LogP contribution in [-0.2, 0) is 4.79 Å². The molecule has 0 saturated heterocycles. The molecule has 100 valence electrons. The van der Waals surface area contributed by atoms with E-state index in [-0.39, 0.29) is 17.7 Å². The number of nitrogens with one attached hydrogen (secondary N) is 1. The fraction of sp³-hybridized carbons (Fsp3) is 0.500. The molecule has 0 saturated carbocycles. The highest BCUT2D eigenvalue weighted by atomic mass is 16.5. The monoisotopic (exact) mass is 250 g/mol. The van der Waals surface area contributed by atoms with Crippen LogP contribution in [0.5, 0.6) is 5.75 Å². The molecule has 0 aromatic heterocycles. The minimum absolute atomic E-state index is 0.0000463. The SMILES string of the molecule is COc1ccccc1NC(=O)C(CCN)C(C)C. The van der Waals surface area contributed by atoms with Crippen molar-refractivity contribution in [3.05, 3.63) is 24.3 Å². The fourth-order valence-corrected chi connectivity index (χ4v) is 1.92. The molecular formula is C14H22N2O2. The molecule has 0 radical (unpaired) electrons. The molecule has 1 amide bonds. The Bertz CT molecular complexity index is 391. The number of rotatable bonds is 6. The number of anilines is 1. The molecule has 0 bridgehead atoms. The third-order valence-electron chi connectivity index (χ3n) is 2.98. The summed E-state index contributed by atoms with van der Waals surface area (Å²) in [6.45, 7) is 4.58. The van der Waals surface area contributed by atoms with Crippen LogP contribution in [0.1, 0.15) is 20.3 Å². The van der Waals surface area contributed by atoms with Crippen molar-refractivity contribution in [1.29, 1.82) is 0 Å². The summed E-state index contributed by atoms with van der Waals surface area (Å²) in [5.41, 5.74) is 6.25. The van der Waals surface area contributed by atoms with E-state index in [1.165, 1.54) is 0 Å². The summed E-state index contributed by atoms with van der Waals surface area (Å²) < 4.78 is 5.21. The number of hydrogen-bond acceptors (Lipinski definition) is 3. The molecule has 0 fully saturated rings. The summed E-state index contributed by atoms with van der Waals surface area (Å²) in [6.07, 6.45) is 0.693. The predicted octanol–water partition coefficient (Wildman–Crippen LogP) is 2.25. The summed E-state index contributed by atoms with van der Waals surface area (Å²) in [4.78, 5) is 12.2. The van der Waals surface area contributed by atoms with Gasteiger partial charge in [0.25, 0.3) is 0 Å². The molecule has 18 heavy (non-hydrogen) atoms. The van der Waals surface area contributed by atoms with E-state index in [0.717, 1.165) is 0 Å². The Morgan fingerprint density at radius 3 is 2.61 bits per heavy atom. The van der Waals surface area contributed by atoms with Crippen LogP contribution in [0, 0.1) is 11.8 Å². The first-order valence-corrected chi connectivity index (χ1v) is 6.24. The molecule has 4 heteroatoms. The second-order valence-corrected chi connectivity index (χ2v) is 4.62. The smallest absolute Gasteiger partial charge is 0.227 e. The maximum absolute atomic E-state index is 12.2. The molecular weight excluding hydrogens is 228 g/mol. The molecule has 0 spiro atoms. The molecule has 0 aliphatic heterocycles. The third kappa shape index (κ3) is 3.74. The number of carbonyl (C=O) groups excluding carboxylic acids is 1.